The van der Waals surface area contributed by atoms with Gasteiger partial charge in [-0.1, -0.05) is 6.07 Å². The summed E-state index contributed by atoms with van der Waals surface area (Å²) in [5, 5.41) is 6.50. The largest absolute Gasteiger partial charge is 0.493 e. The molecule has 1 heterocycles. The van der Waals surface area contributed by atoms with Crippen LogP contribution < -0.4 is 15.4 Å². The predicted molar refractivity (Wildman–Crippen MR) is 89.4 cm³/mol. The molecule has 1 aromatic rings. The molecule has 1 aromatic carbocycles. The van der Waals surface area contributed by atoms with Crippen molar-refractivity contribution in [3.8, 4) is 5.75 Å². The highest BCUT2D eigenvalue weighted by Crippen LogP contribution is 2.23. The van der Waals surface area contributed by atoms with Gasteiger partial charge in [-0.3, -0.25) is 4.79 Å². The number of carbonyl (C=O) groups is 1. The van der Waals surface area contributed by atoms with E-state index >= 15 is 0 Å². The molecule has 1 aliphatic rings. The first-order valence-corrected chi connectivity index (χ1v) is 8.19. The zero-order valence-electron chi connectivity index (χ0n) is 14.2. The minimum Gasteiger partial charge on any atom is -0.493 e. The number of ether oxygens (including phenoxy) is 1. The molecule has 122 valence electrons. The van der Waals surface area contributed by atoms with E-state index in [9.17, 15) is 4.79 Å². The van der Waals surface area contributed by atoms with E-state index in [1.807, 2.05) is 6.07 Å². The maximum Gasteiger partial charge on any atom is 0.223 e. The SMILES string of the molecule is Cc1cc(C)c(C)c(OCCC(=O)NC2CCNC(C)C2)c1. The minimum atomic E-state index is 0.0844. The molecule has 1 saturated heterocycles. The van der Waals surface area contributed by atoms with Crippen LogP contribution in [0.15, 0.2) is 12.1 Å². The van der Waals surface area contributed by atoms with Gasteiger partial charge in [-0.25, -0.2) is 0 Å². The van der Waals surface area contributed by atoms with Crippen molar-refractivity contribution in [3.63, 3.8) is 0 Å². The van der Waals surface area contributed by atoms with Crippen molar-refractivity contribution in [1.82, 2.24) is 10.6 Å². The smallest absolute Gasteiger partial charge is 0.223 e. The van der Waals surface area contributed by atoms with E-state index in [4.69, 9.17) is 4.74 Å². The number of aryl methyl sites for hydroxylation is 2. The Labute approximate surface area is 133 Å². The summed E-state index contributed by atoms with van der Waals surface area (Å²) in [4.78, 5) is 12.0. The summed E-state index contributed by atoms with van der Waals surface area (Å²) in [6.07, 6.45) is 2.42. The maximum atomic E-state index is 12.0. The average molecular weight is 304 g/mol. The van der Waals surface area contributed by atoms with Crippen molar-refractivity contribution in [2.45, 2.75) is 59.0 Å². The molecule has 0 saturated carbocycles. The van der Waals surface area contributed by atoms with Crippen LogP contribution in [-0.2, 0) is 4.79 Å². The summed E-state index contributed by atoms with van der Waals surface area (Å²) >= 11 is 0. The average Bonchev–Trinajstić information content (AvgIpc) is 2.44. The third-order valence-electron chi connectivity index (χ3n) is 4.34. The number of piperidine rings is 1. The van der Waals surface area contributed by atoms with Crippen molar-refractivity contribution in [2.24, 2.45) is 0 Å². The van der Waals surface area contributed by atoms with Crippen molar-refractivity contribution < 1.29 is 9.53 Å². The van der Waals surface area contributed by atoms with Crippen LogP contribution in [0.1, 0.15) is 42.9 Å². The Hall–Kier alpha value is -1.55. The Morgan fingerprint density at radius 1 is 1.36 bits per heavy atom. The second-order valence-electron chi connectivity index (χ2n) is 6.45. The Bertz CT molecular complexity index is 528. The second kappa shape index (κ2) is 7.63. The fourth-order valence-electron chi connectivity index (χ4n) is 2.97. The van der Waals surface area contributed by atoms with Crippen molar-refractivity contribution in [2.75, 3.05) is 13.2 Å². The highest BCUT2D eigenvalue weighted by Gasteiger charge is 2.19. The number of hydrogen-bond acceptors (Lipinski definition) is 3. The number of rotatable bonds is 5. The molecule has 2 rings (SSSR count). The summed E-state index contributed by atoms with van der Waals surface area (Å²) in [5.74, 6) is 0.974. The Kier molecular flexibility index (Phi) is 5.83. The molecule has 0 aliphatic carbocycles. The fourth-order valence-corrected chi connectivity index (χ4v) is 2.97. The van der Waals surface area contributed by atoms with Gasteiger partial charge in [0.15, 0.2) is 0 Å². The molecule has 22 heavy (non-hydrogen) atoms. The van der Waals surface area contributed by atoms with E-state index in [1.54, 1.807) is 0 Å². The number of carbonyl (C=O) groups excluding carboxylic acids is 1. The zero-order valence-corrected chi connectivity index (χ0v) is 14.2. The highest BCUT2D eigenvalue weighted by molar-refractivity contribution is 5.76. The van der Waals surface area contributed by atoms with E-state index in [0.29, 0.717) is 25.1 Å². The molecule has 0 aromatic heterocycles. The van der Waals surface area contributed by atoms with Crippen LogP contribution in [0, 0.1) is 20.8 Å². The Balaban J connectivity index is 1.77. The van der Waals surface area contributed by atoms with Crippen LogP contribution >= 0.6 is 0 Å². The van der Waals surface area contributed by atoms with Gasteiger partial charge >= 0.3 is 0 Å². The normalized spacial score (nSPS) is 21.5. The van der Waals surface area contributed by atoms with Crippen LogP contribution in [0.25, 0.3) is 0 Å². The third-order valence-corrected chi connectivity index (χ3v) is 4.34. The molecule has 1 amide bonds. The lowest BCUT2D eigenvalue weighted by atomic mass is 10.0. The van der Waals surface area contributed by atoms with Crippen LogP contribution in [0.4, 0.5) is 0 Å². The summed E-state index contributed by atoms with van der Waals surface area (Å²) in [5.41, 5.74) is 3.56. The van der Waals surface area contributed by atoms with Gasteiger partial charge in [0.1, 0.15) is 5.75 Å². The molecule has 2 atom stereocenters. The molecule has 2 unspecified atom stereocenters. The standard InChI is InChI=1S/C18H28N2O2/c1-12-9-13(2)15(4)17(10-12)22-8-6-18(21)20-16-5-7-19-14(3)11-16/h9-10,14,16,19H,5-8,11H2,1-4H3,(H,20,21). The highest BCUT2D eigenvalue weighted by atomic mass is 16.5. The van der Waals surface area contributed by atoms with Gasteiger partial charge in [0.2, 0.25) is 5.91 Å². The van der Waals surface area contributed by atoms with Crippen LogP contribution in [0.5, 0.6) is 5.75 Å². The Morgan fingerprint density at radius 2 is 2.14 bits per heavy atom. The van der Waals surface area contributed by atoms with Gasteiger partial charge in [0, 0.05) is 12.1 Å². The van der Waals surface area contributed by atoms with Crippen LogP contribution in [0.3, 0.4) is 0 Å². The summed E-state index contributed by atoms with van der Waals surface area (Å²) in [7, 11) is 0. The monoisotopic (exact) mass is 304 g/mol. The zero-order chi connectivity index (χ0) is 16.1. The molecule has 4 heteroatoms. The molecular formula is C18H28N2O2. The fraction of sp³-hybridized carbons (Fsp3) is 0.611. The van der Waals surface area contributed by atoms with E-state index in [1.165, 1.54) is 11.1 Å². The van der Waals surface area contributed by atoms with E-state index in [0.717, 1.165) is 30.7 Å². The van der Waals surface area contributed by atoms with Gasteiger partial charge in [0.25, 0.3) is 0 Å². The van der Waals surface area contributed by atoms with E-state index in [-0.39, 0.29) is 5.91 Å². The third kappa shape index (κ3) is 4.73. The summed E-state index contributed by atoms with van der Waals surface area (Å²) in [6, 6.07) is 4.96. The van der Waals surface area contributed by atoms with Gasteiger partial charge in [0.05, 0.1) is 13.0 Å². The van der Waals surface area contributed by atoms with Gasteiger partial charge in [-0.2, -0.15) is 0 Å². The van der Waals surface area contributed by atoms with E-state index in [2.05, 4.69) is 44.4 Å². The number of amides is 1. The first-order chi connectivity index (χ1) is 10.5. The van der Waals surface area contributed by atoms with Gasteiger partial charge in [-0.05, 0) is 69.8 Å². The second-order valence-corrected chi connectivity index (χ2v) is 6.45. The van der Waals surface area contributed by atoms with Gasteiger partial charge < -0.3 is 15.4 Å². The minimum absolute atomic E-state index is 0.0844. The molecule has 4 nitrogen and oxygen atoms in total. The van der Waals surface area contributed by atoms with Crippen molar-refractivity contribution in [1.29, 1.82) is 0 Å². The summed E-state index contributed by atoms with van der Waals surface area (Å²) in [6.45, 7) is 9.76. The molecule has 2 N–H and O–H groups in total. The number of nitrogens with one attached hydrogen (secondary N) is 2. The van der Waals surface area contributed by atoms with Crippen molar-refractivity contribution in [3.05, 3.63) is 28.8 Å². The molecular weight excluding hydrogens is 276 g/mol. The molecule has 0 spiro atoms. The Morgan fingerprint density at radius 3 is 2.86 bits per heavy atom. The molecule has 0 bridgehead atoms. The van der Waals surface area contributed by atoms with E-state index < -0.39 is 0 Å². The maximum absolute atomic E-state index is 12.0. The lowest BCUT2D eigenvalue weighted by Gasteiger charge is -2.28. The number of benzene rings is 1. The summed E-state index contributed by atoms with van der Waals surface area (Å²) < 4.78 is 5.81. The quantitative estimate of drug-likeness (QED) is 0.879. The first kappa shape index (κ1) is 16.8. The topological polar surface area (TPSA) is 50.4 Å². The molecule has 1 fully saturated rings. The first-order valence-electron chi connectivity index (χ1n) is 8.19. The van der Waals surface area contributed by atoms with Gasteiger partial charge in [-0.15, -0.1) is 0 Å². The number of hydrogen-bond donors (Lipinski definition) is 2. The van der Waals surface area contributed by atoms with Crippen LogP contribution in [-0.4, -0.2) is 31.1 Å². The predicted octanol–water partition coefficient (Wildman–Crippen LogP) is 2.64. The van der Waals surface area contributed by atoms with Crippen molar-refractivity contribution >= 4 is 5.91 Å². The molecule has 0 radical (unpaired) electrons. The van der Waals surface area contributed by atoms with Crippen LogP contribution in [0.2, 0.25) is 0 Å². The lowest BCUT2D eigenvalue weighted by molar-refractivity contribution is -0.122. The lowest BCUT2D eigenvalue weighted by Crippen LogP contribution is -2.46. The molecule has 1 aliphatic heterocycles.